The number of aryl methyl sites for hydroxylation is 1. The van der Waals surface area contributed by atoms with Crippen LogP contribution in [0.3, 0.4) is 0 Å². The van der Waals surface area contributed by atoms with Crippen LogP contribution < -0.4 is 10.5 Å². The number of anilines is 1. The highest BCUT2D eigenvalue weighted by molar-refractivity contribution is 5.95. The smallest absolute Gasteiger partial charge is 0.337 e. The van der Waals surface area contributed by atoms with Gasteiger partial charge in [0.15, 0.2) is 0 Å². The normalized spacial score (nSPS) is 11.2. The van der Waals surface area contributed by atoms with E-state index in [4.69, 9.17) is 15.6 Å². The first-order valence-electron chi connectivity index (χ1n) is 5.03. The molecule has 0 aliphatic carbocycles. The molecule has 0 saturated heterocycles. The van der Waals surface area contributed by atoms with Crippen LogP contribution in [0.1, 0.15) is 36.7 Å². The highest BCUT2D eigenvalue weighted by Crippen LogP contribution is 2.26. The first kappa shape index (κ1) is 12.4. The molecule has 0 heterocycles. The maximum atomic E-state index is 11.0. The van der Waals surface area contributed by atoms with Crippen LogP contribution in [-0.4, -0.2) is 16.7 Å². The SMILES string of the molecule is Cc1cc(OC(C)(C)C)cc(C(=O)O)c1N. The predicted molar refractivity (Wildman–Crippen MR) is 62.9 cm³/mol. The van der Waals surface area contributed by atoms with Crippen LogP contribution in [0.2, 0.25) is 0 Å². The van der Waals surface area contributed by atoms with Gasteiger partial charge < -0.3 is 15.6 Å². The van der Waals surface area contributed by atoms with Crippen LogP contribution in [0.4, 0.5) is 5.69 Å². The van der Waals surface area contributed by atoms with Gasteiger partial charge in [0.2, 0.25) is 0 Å². The van der Waals surface area contributed by atoms with Gasteiger partial charge in [0.1, 0.15) is 11.4 Å². The van der Waals surface area contributed by atoms with Crippen molar-refractivity contribution in [3.63, 3.8) is 0 Å². The van der Waals surface area contributed by atoms with E-state index in [1.165, 1.54) is 6.07 Å². The maximum Gasteiger partial charge on any atom is 0.337 e. The van der Waals surface area contributed by atoms with Gasteiger partial charge in [-0.1, -0.05) is 0 Å². The number of ether oxygens (including phenoxy) is 1. The molecule has 3 N–H and O–H groups in total. The number of hydrogen-bond donors (Lipinski definition) is 2. The quantitative estimate of drug-likeness (QED) is 0.755. The molecule has 0 amide bonds. The fourth-order valence-electron chi connectivity index (χ4n) is 1.35. The first-order valence-corrected chi connectivity index (χ1v) is 5.03. The molecule has 0 unspecified atom stereocenters. The zero-order valence-corrected chi connectivity index (χ0v) is 10.00. The second-order valence-corrected chi connectivity index (χ2v) is 4.72. The minimum Gasteiger partial charge on any atom is -0.488 e. The lowest BCUT2D eigenvalue weighted by atomic mass is 10.1. The molecule has 0 atom stereocenters. The Labute approximate surface area is 95.0 Å². The van der Waals surface area contributed by atoms with E-state index in [9.17, 15) is 4.79 Å². The van der Waals surface area contributed by atoms with Crippen molar-refractivity contribution in [1.29, 1.82) is 0 Å². The molecule has 0 spiro atoms. The second kappa shape index (κ2) is 4.04. The third kappa shape index (κ3) is 2.89. The van der Waals surface area contributed by atoms with Gasteiger partial charge >= 0.3 is 5.97 Å². The Morgan fingerprint density at radius 3 is 2.38 bits per heavy atom. The van der Waals surface area contributed by atoms with Crippen LogP contribution in [0.15, 0.2) is 12.1 Å². The summed E-state index contributed by atoms with van der Waals surface area (Å²) in [5.74, 6) is -0.517. The number of aromatic carboxylic acids is 1. The number of carboxylic acid groups (broad SMARTS) is 1. The fourth-order valence-corrected chi connectivity index (χ4v) is 1.35. The molecule has 1 aromatic carbocycles. The summed E-state index contributed by atoms with van der Waals surface area (Å²) in [6, 6.07) is 3.20. The van der Waals surface area contributed by atoms with Gasteiger partial charge in [-0.05, 0) is 45.4 Å². The Hall–Kier alpha value is -1.71. The minimum atomic E-state index is -1.04. The molecule has 0 fully saturated rings. The van der Waals surface area contributed by atoms with Crippen molar-refractivity contribution in [3.05, 3.63) is 23.3 Å². The Balaban J connectivity index is 3.19. The highest BCUT2D eigenvalue weighted by atomic mass is 16.5. The molecule has 88 valence electrons. The number of carboxylic acids is 1. The third-order valence-electron chi connectivity index (χ3n) is 2.01. The van der Waals surface area contributed by atoms with E-state index in [-0.39, 0.29) is 16.9 Å². The van der Waals surface area contributed by atoms with Crippen molar-refractivity contribution < 1.29 is 14.6 Å². The van der Waals surface area contributed by atoms with Crippen molar-refractivity contribution in [3.8, 4) is 5.75 Å². The number of rotatable bonds is 2. The summed E-state index contributed by atoms with van der Waals surface area (Å²) in [6.45, 7) is 7.47. The standard InChI is InChI=1S/C12H17NO3/c1-7-5-8(16-12(2,3)4)6-9(10(7)13)11(14)15/h5-6H,13H2,1-4H3,(H,14,15). The molecule has 1 rings (SSSR count). The van der Waals surface area contributed by atoms with Gasteiger partial charge in [-0.15, -0.1) is 0 Å². The average molecular weight is 223 g/mol. The van der Waals surface area contributed by atoms with Gasteiger partial charge in [0, 0.05) is 5.69 Å². The number of hydrogen-bond acceptors (Lipinski definition) is 3. The summed E-state index contributed by atoms with van der Waals surface area (Å²) in [5.41, 5.74) is 6.39. The lowest BCUT2D eigenvalue weighted by molar-refractivity contribution is 0.0695. The number of carbonyl (C=O) groups is 1. The van der Waals surface area contributed by atoms with Crippen molar-refractivity contribution in [2.45, 2.75) is 33.3 Å². The van der Waals surface area contributed by atoms with Crippen molar-refractivity contribution >= 4 is 11.7 Å². The maximum absolute atomic E-state index is 11.0. The largest absolute Gasteiger partial charge is 0.488 e. The predicted octanol–water partition coefficient (Wildman–Crippen LogP) is 2.45. The second-order valence-electron chi connectivity index (χ2n) is 4.72. The minimum absolute atomic E-state index is 0.0826. The summed E-state index contributed by atoms with van der Waals surface area (Å²) in [7, 11) is 0. The molecule has 4 nitrogen and oxygen atoms in total. The van der Waals surface area contributed by atoms with Gasteiger partial charge in [-0.2, -0.15) is 0 Å². The van der Waals surface area contributed by atoms with Gasteiger partial charge in [-0.3, -0.25) is 0 Å². The van der Waals surface area contributed by atoms with Crippen LogP contribution in [0, 0.1) is 6.92 Å². The lowest BCUT2D eigenvalue weighted by Crippen LogP contribution is -2.23. The van der Waals surface area contributed by atoms with E-state index < -0.39 is 5.97 Å². The van der Waals surface area contributed by atoms with Gasteiger partial charge in [0.25, 0.3) is 0 Å². The number of benzene rings is 1. The molecule has 0 bridgehead atoms. The Kier molecular flexibility index (Phi) is 3.12. The lowest BCUT2D eigenvalue weighted by Gasteiger charge is -2.22. The highest BCUT2D eigenvalue weighted by Gasteiger charge is 2.16. The van der Waals surface area contributed by atoms with E-state index in [1.807, 2.05) is 20.8 Å². The molecule has 4 heteroatoms. The molecular weight excluding hydrogens is 206 g/mol. The van der Waals surface area contributed by atoms with E-state index in [2.05, 4.69) is 0 Å². The summed E-state index contributed by atoms with van der Waals surface area (Å²) >= 11 is 0. The number of nitrogen functional groups attached to an aromatic ring is 1. The van der Waals surface area contributed by atoms with E-state index >= 15 is 0 Å². The van der Waals surface area contributed by atoms with Crippen LogP contribution in [-0.2, 0) is 0 Å². The molecule has 16 heavy (non-hydrogen) atoms. The molecular formula is C12H17NO3. The summed E-state index contributed by atoms with van der Waals surface area (Å²) < 4.78 is 5.61. The van der Waals surface area contributed by atoms with Crippen LogP contribution >= 0.6 is 0 Å². The summed E-state index contributed by atoms with van der Waals surface area (Å²) in [4.78, 5) is 11.0. The van der Waals surface area contributed by atoms with E-state index in [1.54, 1.807) is 13.0 Å². The third-order valence-corrected chi connectivity index (χ3v) is 2.01. The summed E-state index contributed by atoms with van der Waals surface area (Å²) in [5, 5.41) is 8.98. The Morgan fingerprint density at radius 1 is 1.38 bits per heavy atom. The van der Waals surface area contributed by atoms with Crippen LogP contribution in [0.5, 0.6) is 5.75 Å². The fraction of sp³-hybridized carbons (Fsp3) is 0.417. The molecule has 0 radical (unpaired) electrons. The topological polar surface area (TPSA) is 72.5 Å². The molecule has 1 aromatic rings. The Bertz CT molecular complexity index is 419. The zero-order valence-electron chi connectivity index (χ0n) is 10.00. The van der Waals surface area contributed by atoms with Gasteiger partial charge in [-0.25, -0.2) is 4.79 Å². The van der Waals surface area contributed by atoms with Crippen molar-refractivity contribution in [2.24, 2.45) is 0 Å². The zero-order chi connectivity index (χ0) is 12.5. The first-order chi connectivity index (χ1) is 7.20. The van der Waals surface area contributed by atoms with Gasteiger partial charge in [0.05, 0.1) is 5.56 Å². The molecule has 0 aliphatic rings. The molecule has 0 aromatic heterocycles. The average Bonchev–Trinajstić information content (AvgIpc) is 2.07. The molecule has 0 aliphatic heterocycles. The monoisotopic (exact) mass is 223 g/mol. The van der Waals surface area contributed by atoms with Crippen molar-refractivity contribution in [1.82, 2.24) is 0 Å². The Morgan fingerprint density at radius 2 is 1.94 bits per heavy atom. The molecule has 0 saturated carbocycles. The number of nitrogens with two attached hydrogens (primary N) is 1. The van der Waals surface area contributed by atoms with Crippen LogP contribution in [0.25, 0.3) is 0 Å². The van der Waals surface area contributed by atoms with E-state index in [0.29, 0.717) is 11.3 Å². The summed E-state index contributed by atoms with van der Waals surface area (Å²) in [6.07, 6.45) is 0. The van der Waals surface area contributed by atoms with Crippen molar-refractivity contribution in [2.75, 3.05) is 5.73 Å². The van der Waals surface area contributed by atoms with E-state index in [0.717, 1.165) is 0 Å².